The molecule has 0 unspecified atom stereocenters. The summed E-state index contributed by atoms with van der Waals surface area (Å²) >= 11 is 1.07. The molecule has 0 fully saturated rings. The van der Waals surface area contributed by atoms with Crippen LogP contribution in [0.1, 0.15) is 29.1 Å². The van der Waals surface area contributed by atoms with Crippen molar-refractivity contribution in [1.29, 1.82) is 0 Å². The lowest BCUT2D eigenvalue weighted by atomic mass is 10.1. The number of imidazole rings is 1. The van der Waals surface area contributed by atoms with E-state index in [0.29, 0.717) is 27.3 Å². The van der Waals surface area contributed by atoms with Gasteiger partial charge in [-0.2, -0.15) is 0 Å². The molecule has 2 N–H and O–H groups in total. The average molecular weight is 428 g/mol. The first-order valence-corrected chi connectivity index (χ1v) is 10.2. The fourth-order valence-corrected chi connectivity index (χ4v) is 4.92. The lowest BCUT2D eigenvalue weighted by molar-refractivity contribution is 0.0698. The number of aromatic amines is 1. The van der Waals surface area contributed by atoms with Gasteiger partial charge in [-0.25, -0.2) is 14.4 Å². The number of benzene rings is 1. The van der Waals surface area contributed by atoms with Gasteiger partial charge >= 0.3 is 17.3 Å². The number of thiophene rings is 1. The molecule has 4 aromatic rings. The molecule has 0 spiro atoms. The van der Waals surface area contributed by atoms with E-state index in [2.05, 4.69) is 4.98 Å². The molecule has 0 amide bonds. The highest BCUT2D eigenvalue weighted by atomic mass is 32.1. The summed E-state index contributed by atoms with van der Waals surface area (Å²) in [6, 6.07) is 7.09. The Hall–Kier alpha value is -3.40. The molecule has 3 aromatic heterocycles. The largest absolute Gasteiger partial charge is 0.478 e. The number of nitrogens with zero attached hydrogens (tertiary/aromatic N) is 3. The molecule has 10 heteroatoms. The van der Waals surface area contributed by atoms with E-state index in [1.165, 1.54) is 16.2 Å². The Morgan fingerprint density at radius 2 is 1.87 bits per heavy atom. The van der Waals surface area contributed by atoms with Crippen LogP contribution in [0.4, 0.5) is 0 Å². The second-order valence-corrected chi connectivity index (χ2v) is 8.65. The van der Waals surface area contributed by atoms with E-state index in [1.54, 1.807) is 24.3 Å². The minimum Gasteiger partial charge on any atom is -0.478 e. The molecular weight excluding hydrogens is 408 g/mol. The molecule has 0 aliphatic rings. The topological polar surface area (TPSA) is 119 Å². The number of carbonyl (C=O) groups is 1. The third-order valence-electron chi connectivity index (χ3n) is 4.99. The Morgan fingerprint density at radius 1 is 1.17 bits per heavy atom. The van der Waals surface area contributed by atoms with Crippen LogP contribution >= 0.6 is 11.3 Å². The Bertz CT molecular complexity index is 1480. The molecule has 3 heterocycles. The van der Waals surface area contributed by atoms with Gasteiger partial charge in [0.15, 0.2) is 0 Å². The molecule has 30 heavy (non-hydrogen) atoms. The van der Waals surface area contributed by atoms with E-state index < -0.39 is 17.2 Å². The predicted molar refractivity (Wildman–Crippen MR) is 115 cm³/mol. The predicted octanol–water partition coefficient (Wildman–Crippen LogP) is 1.81. The van der Waals surface area contributed by atoms with E-state index in [-0.39, 0.29) is 29.1 Å². The van der Waals surface area contributed by atoms with Crippen molar-refractivity contribution in [3.8, 4) is 0 Å². The van der Waals surface area contributed by atoms with Gasteiger partial charge in [0.2, 0.25) is 0 Å². The molecule has 0 atom stereocenters. The Morgan fingerprint density at radius 3 is 2.53 bits per heavy atom. The lowest BCUT2D eigenvalue weighted by Gasteiger charge is -2.11. The van der Waals surface area contributed by atoms with Crippen LogP contribution < -0.4 is 16.9 Å². The van der Waals surface area contributed by atoms with Crippen LogP contribution in [0.5, 0.6) is 0 Å². The minimum atomic E-state index is -1.27. The Labute approximate surface area is 173 Å². The summed E-state index contributed by atoms with van der Waals surface area (Å²) in [6.07, 6.45) is 0. The molecule has 0 radical (unpaired) electrons. The van der Waals surface area contributed by atoms with E-state index in [4.69, 9.17) is 0 Å². The maximum absolute atomic E-state index is 12.8. The second-order valence-electron chi connectivity index (χ2n) is 7.57. The number of carboxylic acid groups (broad SMARTS) is 1. The number of H-pyrrole nitrogens is 1. The Balaban J connectivity index is 2.04. The minimum absolute atomic E-state index is 0.00172. The number of nitrogens with one attached hydrogen (secondary N) is 1. The van der Waals surface area contributed by atoms with Crippen molar-refractivity contribution in [3.63, 3.8) is 0 Å². The standard InChI is InChI=1S/C20H20N4O5S/c1-10(2)8-24-17-15(16(25)22(3)20(24)29)14(18(26)27)13(30-17)9-23-12-7-5-4-6-11(12)21-19(23)28/h4-7,10H,8-9H2,1-3H3,(H,21,28)(H,26,27). The van der Waals surface area contributed by atoms with Gasteiger partial charge in [0.25, 0.3) is 5.56 Å². The molecule has 156 valence electrons. The summed E-state index contributed by atoms with van der Waals surface area (Å²) in [6.45, 7) is 4.18. The molecule has 9 nitrogen and oxygen atoms in total. The van der Waals surface area contributed by atoms with Crippen molar-refractivity contribution in [3.05, 3.63) is 66.0 Å². The summed E-state index contributed by atoms with van der Waals surface area (Å²) in [5, 5.41) is 9.90. The SMILES string of the molecule is CC(C)Cn1c(=O)n(C)c(=O)c2c(C(=O)O)c(Cn3c(=O)[nH]c4ccccc43)sc21. The normalized spacial score (nSPS) is 11.7. The van der Waals surface area contributed by atoms with Crippen molar-refractivity contribution in [2.24, 2.45) is 13.0 Å². The van der Waals surface area contributed by atoms with Crippen LogP contribution in [0.15, 0.2) is 38.6 Å². The van der Waals surface area contributed by atoms with Crippen molar-refractivity contribution >= 4 is 38.6 Å². The summed E-state index contributed by atoms with van der Waals surface area (Å²) in [7, 11) is 1.34. The fourth-order valence-electron chi connectivity index (χ4n) is 3.65. The van der Waals surface area contributed by atoms with Crippen LogP contribution in [0, 0.1) is 5.92 Å². The first-order valence-electron chi connectivity index (χ1n) is 9.36. The first-order chi connectivity index (χ1) is 14.2. The quantitative estimate of drug-likeness (QED) is 0.502. The Kier molecular flexibility index (Phi) is 4.73. The zero-order valence-corrected chi connectivity index (χ0v) is 17.4. The molecule has 1 aromatic carbocycles. The molecule has 0 aliphatic carbocycles. The van der Waals surface area contributed by atoms with E-state index in [9.17, 15) is 24.3 Å². The molecule has 0 saturated carbocycles. The highest BCUT2D eigenvalue weighted by Gasteiger charge is 2.26. The van der Waals surface area contributed by atoms with E-state index >= 15 is 0 Å². The van der Waals surface area contributed by atoms with Crippen LogP contribution in [-0.4, -0.2) is 29.8 Å². The van der Waals surface area contributed by atoms with Crippen LogP contribution in [0.2, 0.25) is 0 Å². The summed E-state index contributed by atoms with van der Waals surface area (Å²) in [5.41, 5.74) is -0.420. The van der Waals surface area contributed by atoms with Gasteiger partial charge in [0, 0.05) is 18.5 Å². The van der Waals surface area contributed by atoms with Crippen LogP contribution in [0.25, 0.3) is 21.3 Å². The molecular formula is C20H20N4O5S. The number of hydrogen-bond acceptors (Lipinski definition) is 5. The molecule has 0 bridgehead atoms. The number of carboxylic acids is 1. The summed E-state index contributed by atoms with van der Waals surface area (Å²) in [4.78, 5) is 53.5. The van der Waals surface area contributed by atoms with Gasteiger partial charge in [-0.15, -0.1) is 11.3 Å². The lowest BCUT2D eigenvalue weighted by Crippen LogP contribution is -2.38. The maximum Gasteiger partial charge on any atom is 0.337 e. The smallest absolute Gasteiger partial charge is 0.337 e. The van der Waals surface area contributed by atoms with Gasteiger partial charge in [-0.1, -0.05) is 26.0 Å². The highest BCUT2D eigenvalue weighted by molar-refractivity contribution is 7.19. The first kappa shape index (κ1) is 19.9. The third-order valence-corrected chi connectivity index (χ3v) is 6.19. The fraction of sp³-hybridized carbons (Fsp3) is 0.300. The van der Waals surface area contributed by atoms with Crippen LogP contribution in [0.3, 0.4) is 0 Å². The number of fused-ring (bicyclic) bond motifs is 2. The van der Waals surface area contributed by atoms with Crippen molar-refractivity contribution in [2.45, 2.75) is 26.9 Å². The molecule has 4 rings (SSSR count). The number of rotatable bonds is 5. The zero-order valence-electron chi connectivity index (χ0n) is 16.6. The molecule has 0 aliphatic heterocycles. The van der Waals surface area contributed by atoms with Crippen molar-refractivity contribution in [1.82, 2.24) is 18.7 Å². The van der Waals surface area contributed by atoms with Gasteiger partial charge < -0.3 is 10.1 Å². The second kappa shape index (κ2) is 7.13. The van der Waals surface area contributed by atoms with Gasteiger partial charge in [0.05, 0.1) is 28.5 Å². The maximum atomic E-state index is 12.8. The zero-order chi connectivity index (χ0) is 21.7. The van der Waals surface area contributed by atoms with Gasteiger partial charge in [0.1, 0.15) is 4.83 Å². The van der Waals surface area contributed by atoms with E-state index in [0.717, 1.165) is 15.9 Å². The summed E-state index contributed by atoms with van der Waals surface area (Å²) < 4.78 is 3.81. The number of para-hydroxylation sites is 2. The van der Waals surface area contributed by atoms with Crippen LogP contribution in [-0.2, 0) is 20.1 Å². The average Bonchev–Trinajstić information content (AvgIpc) is 3.22. The number of aromatic nitrogens is 4. The van der Waals surface area contributed by atoms with Gasteiger partial charge in [-0.05, 0) is 18.1 Å². The number of aromatic carboxylic acids is 1. The highest BCUT2D eigenvalue weighted by Crippen LogP contribution is 2.30. The monoisotopic (exact) mass is 428 g/mol. The number of hydrogen-bond donors (Lipinski definition) is 2. The van der Waals surface area contributed by atoms with Gasteiger partial charge in [-0.3, -0.25) is 18.5 Å². The third kappa shape index (κ3) is 3.00. The van der Waals surface area contributed by atoms with E-state index in [1.807, 2.05) is 13.8 Å². The summed E-state index contributed by atoms with van der Waals surface area (Å²) in [5.74, 6) is -1.16. The molecule has 0 saturated heterocycles. The van der Waals surface area contributed by atoms with Crippen molar-refractivity contribution < 1.29 is 9.90 Å². The van der Waals surface area contributed by atoms with Crippen molar-refractivity contribution in [2.75, 3.05) is 0 Å².